The van der Waals surface area contributed by atoms with Gasteiger partial charge in [0.05, 0.1) is 6.54 Å². The van der Waals surface area contributed by atoms with Crippen molar-refractivity contribution in [2.24, 2.45) is 11.8 Å². The van der Waals surface area contributed by atoms with Crippen LogP contribution in [-0.4, -0.2) is 42.9 Å². The Balaban J connectivity index is 1.46. The largest absolute Gasteiger partial charge is 0.363 e. The van der Waals surface area contributed by atoms with Gasteiger partial charge in [-0.15, -0.1) is 0 Å². The number of fused-ring (bicyclic) bond motifs is 2. The second-order valence-electron chi connectivity index (χ2n) is 10.1. The lowest BCUT2D eigenvalue weighted by Gasteiger charge is -2.43. The molecule has 0 radical (unpaired) electrons. The van der Waals surface area contributed by atoms with E-state index in [0.717, 1.165) is 55.6 Å². The Bertz CT molecular complexity index is 740. The predicted molar refractivity (Wildman–Crippen MR) is 117 cm³/mol. The zero-order valence-electron chi connectivity index (χ0n) is 18.4. The molecule has 2 heterocycles. The van der Waals surface area contributed by atoms with Crippen molar-refractivity contribution >= 4 is 11.5 Å². The smallest absolute Gasteiger partial charge is 0.149 e. The van der Waals surface area contributed by atoms with Gasteiger partial charge in [-0.1, -0.05) is 26.7 Å². The SMILES string of the molecule is CCC(CC1CCC(C)C1)N1CCC2(CC1)CN(CC(C)=O)c1ccc(F)cc12. The normalized spacial score (nSPS) is 27.4. The molecule has 1 spiro atoms. The van der Waals surface area contributed by atoms with Crippen molar-refractivity contribution in [1.29, 1.82) is 0 Å². The number of hydrogen-bond acceptors (Lipinski definition) is 3. The van der Waals surface area contributed by atoms with E-state index in [4.69, 9.17) is 0 Å². The summed E-state index contributed by atoms with van der Waals surface area (Å²) in [5.74, 6) is 1.82. The lowest BCUT2D eigenvalue weighted by atomic mass is 9.73. The first-order valence-electron chi connectivity index (χ1n) is 11.7. The quantitative estimate of drug-likeness (QED) is 0.658. The number of carbonyl (C=O) groups is 1. The Labute approximate surface area is 175 Å². The molecule has 0 bridgehead atoms. The highest BCUT2D eigenvalue weighted by atomic mass is 19.1. The number of Topliss-reactive ketones (excluding diaryl/α,β-unsaturated/α-hetero) is 1. The Hall–Kier alpha value is -1.42. The maximum atomic E-state index is 14.1. The van der Waals surface area contributed by atoms with Gasteiger partial charge in [-0.05, 0) is 87.7 Å². The molecule has 1 aromatic rings. The average Bonchev–Trinajstić information content (AvgIpc) is 3.22. The van der Waals surface area contributed by atoms with Crippen LogP contribution in [0.15, 0.2) is 18.2 Å². The number of halogens is 1. The number of benzene rings is 1. The van der Waals surface area contributed by atoms with Gasteiger partial charge in [0.2, 0.25) is 0 Å². The molecule has 0 aromatic heterocycles. The summed E-state index contributed by atoms with van der Waals surface area (Å²) in [7, 11) is 0. The summed E-state index contributed by atoms with van der Waals surface area (Å²) in [6, 6.07) is 5.84. The molecule has 0 amide bonds. The predicted octanol–water partition coefficient (Wildman–Crippen LogP) is 5.17. The van der Waals surface area contributed by atoms with Crippen LogP contribution in [0.3, 0.4) is 0 Å². The van der Waals surface area contributed by atoms with Crippen molar-refractivity contribution in [2.75, 3.05) is 31.1 Å². The maximum absolute atomic E-state index is 14.1. The number of likely N-dealkylation sites (tertiary alicyclic amines) is 1. The second-order valence-corrected chi connectivity index (χ2v) is 10.1. The van der Waals surface area contributed by atoms with Crippen LogP contribution in [0.25, 0.3) is 0 Å². The van der Waals surface area contributed by atoms with Gasteiger partial charge in [0.1, 0.15) is 11.6 Å². The van der Waals surface area contributed by atoms with E-state index in [1.807, 2.05) is 6.07 Å². The summed E-state index contributed by atoms with van der Waals surface area (Å²) < 4.78 is 14.1. The summed E-state index contributed by atoms with van der Waals surface area (Å²) in [6.45, 7) is 9.84. The first-order chi connectivity index (χ1) is 13.9. The standard InChI is InChI=1S/C25H37FN2O/c1-4-22(14-20-6-5-18(2)13-20)27-11-9-25(10-12-27)17-28(16-19(3)29)24-8-7-21(26)15-23(24)25/h7-8,15,18,20,22H,4-6,9-14,16-17H2,1-3H3. The third kappa shape index (κ3) is 4.23. The molecule has 3 nitrogen and oxygen atoms in total. The Morgan fingerprint density at radius 1 is 1.28 bits per heavy atom. The van der Waals surface area contributed by atoms with Crippen molar-refractivity contribution in [3.63, 3.8) is 0 Å². The van der Waals surface area contributed by atoms with Crippen LogP contribution >= 0.6 is 0 Å². The van der Waals surface area contributed by atoms with Gasteiger partial charge in [0.15, 0.2) is 0 Å². The molecule has 1 saturated heterocycles. The molecule has 2 fully saturated rings. The third-order valence-electron chi connectivity index (χ3n) is 7.93. The van der Waals surface area contributed by atoms with Crippen LogP contribution in [0, 0.1) is 17.7 Å². The monoisotopic (exact) mass is 400 g/mol. The van der Waals surface area contributed by atoms with E-state index in [-0.39, 0.29) is 17.0 Å². The number of carbonyl (C=O) groups excluding carboxylic acids is 1. The summed E-state index contributed by atoms with van der Waals surface area (Å²) >= 11 is 0. The van der Waals surface area contributed by atoms with Gasteiger partial charge in [-0.2, -0.15) is 0 Å². The van der Waals surface area contributed by atoms with Crippen LogP contribution in [0.5, 0.6) is 0 Å². The summed E-state index contributed by atoms with van der Waals surface area (Å²) in [4.78, 5) is 16.7. The number of rotatable bonds is 6. The number of nitrogens with zero attached hydrogens (tertiary/aromatic N) is 2. The van der Waals surface area contributed by atoms with E-state index < -0.39 is 0 Å². The minimum Gasteiger partial charge on any atom is -0.363 e. The summed E-state index contributed by atoms with van der Waals surface area (Å²) in [5, 5.41) is 0. The molecule has 160 valence electrons. The molecule has 3 unspecified atom stereocenters. The van der Waals surface area contributed by atoms with Gasteiger partial charge in [-0.25, -0.2) is 4.39 Å². The number of anilines is 1. The van der Waals surface area contributed by atoms with Crippen LogP contribution in [0.2, 0.25) is 0 Å². The molecule has 1 aliphatic carbocycles. The van der Waals surface area contributed by atoms with Gasteiger partial charge in [0, 0.05) is 23.7 Å². The molecular weight excluding hydrogens is 363 g/mol. The van der Waals surface area contributed by atoms with Crippen molar-refractivity contribution < 1.29 is 9.18 Å². The number of piperidine rings is 1. The van der Waals surface area contributed by atoms with Crippen molar-refractivity contribution in [1.82, 2.24) is 4.90 Å². The average molecular weight is 401 g/mol. The van der Waals surface area contributed by atoms with Gasteiger partial charge >= 0.3 is 0 Å². The first-order valence-corrected chi connectivity index (χ1v) is 11.7. The maximum Gasteiger partial charge on any atom is 0.149 e. The van der Waals surface area contributed by atoms with E-state index in [1.54, 1.807) is 13.0 Å². The van der Waals surface area contributed by atoms with E-state index >= 15 is 0 Å². The van der Waals surface area contributed by atoms with Crippen LogP contribution in [0.1, 0.15) is 71.3 Å². The molecule has 4 heteroatoms. The van der Waals surface area contributed by atoms with Crippen LogP contribution < -0.4 is 4.90 Å². The zero-order chi connectivity index (χ0) is 20.6. The highest BCUT2D eigenvalue weighted by molar-refractivity contribution is 5.82. The molecule has 0 N–H and O–H groups in total. The fraction of sp³-hybridized carbons (Fsp3) is 0.720. The van der Waals surface area contributed by atoms with Crippen LogP contribution in [0.4, 0.5) is 10.1 Å². The molecule has 3 aliphatic rings. The van der Waals surface area contributed by atoms with Crippen molar-refractivity contribution in [3.8, 4) is 0 Å². The van der Waals surface area contributed by atoms with Gasteiger partial charge in [0.25, 0.3) is 0 Å². The Kier molecular flexibility index (Phi) is 6.02. The lowest BCUT2D eigenvalue weighted by molar-refractivity contribution is -0.115. The number of hydrogen-bond donors (Lipinski definition) is 0. The third-order valence-corrected chi connectivity index (χ3v) is 7.93. The topological polar surface area (TPSA) is 23.6 Å². The van der Waals surface area contributed by atoms with Crippen LogP contribution in [-0.2, 0) is 10.2 Å². The van der Waals surface area contributed by atoms with E-state index in [0.29, 0.717) is 12.6 Å². The highest BCUT2D eigenvalue weighted by Gasteiger charge is 2.45. The molecule has 1 aromatic carbocycles. The minimum absolute atomic E-state index is 0.00352. The summed E-state index contributed by atoms with van der Waals surface area (Å²) in [5.41, 5.74) is 2.21. The van der Waals surface area contributed by atoms with Gasteiger partial charge < -0.3 is 9.80 Å². The molecule has 29 heavy (non-hydrogen) atoms. The fourth-order valence-corrected chi connectivity index (χ4v) is 6.40. The minimum atomic E-state index is -0.156. The van der Waals surface area contributed by atoms with Crippen molar-refractivity contribution in [2.45, 2.75) is 77.2 Å². The van der Waals surface area contributed by atoms with Crippen molar-refractivity contribution in [3.05, 3.63) is 29.6 Å². The fourth-order valence-electron chi connectivity index (χ4n) is 6.40. The number of ketones is 1. The first kappa shape index (κ1) is 20.8. The summed E-state index contributed by atoms with van der Waals surface area (Å²) in [6.07, 6.45) is 8.90. The highest BCUT2D eigenvalue weighted by Crippen LogP contribution is 2.48. The van der Waals surface area contributed by atoms with E-state index in [2.05, 4.69) is 23.6 Å². The molecule has 2 aliphatic heterocycles. The molecule has 1 saturated carbocycles. The Morgan fingerprint density at radius 2 is 2.03 bits per heavy atom. The molecule has 3 atom stereocenters. The molecule has 4 rings (SSSR count). The van der Waals surface area contributed by atoms with Gasteiger partial charge in [-0.3, -0.25) is 4.79 Å². The molecular formula is C25H37FN2O. The lowest BCUT2D eigenvalue weighted by Crippen LogP contribution is -2.49. The van der Waals surface area contributed by atoms with E-state index in [1.165, 1.54) is 38.2 Å². The van der Waals surface area contributed by atoms with E-state index in [9.17, 15) is 9.18 Å². The Morgan fingerprint density at radius 3 is 2.66 bits per heavy atom. The second kappa shape index (κ2) is 8.37. The zero-order valence-corrected chi connectivity index (χ0v) is 18.4.